The van der Waals surface area contributed by atoms with Gasteiger partial charge in [0.05, 0.1) is 23.8 Å². The van der Waals surface area contributed by atoms with Gasteiger partial charge in [0, 0.05) is 11.7 Å². The first kappa shape index (κ1) is 20.7. The molecule has 0 saturated heterocycles. The lowest BCUT2D eigenvalue weighted by atomic mass is 9.78. The molecule has 6 heteroatoms. The molecule has 0 unspecified atom stereocenters. The summed E-state index contributed by atoms with van der Waals surface area (Å²) in [6.45, 7) is 0. The van der Waals surface area contributed by atoms with Crippen LogP contribution in [0.25, 0.3) is 10.8 Å². The van der Waals surface area contributed by atoms with Crippen LogP contribution < -0.4 is 5.32 Å². The number of amides is 1. The second kappa shape index (κ2) is 9.07. The number of benzene rings is 3. The Kier molecular flexibility index (Phi) is 6.06. The monoisotopic (exact) mass is 428 g/mol. The van der Waals surface area contributed by atoms with E-state index < -0.39 is 23.7 Å². The van der Waals surface area contributed by atoms with Crippen molar-refractivity contribution in [2.45, 2.75) is 11.7 Å². The number of thioether (sulfide) groups is 1. The quantitative estimate of drug-likeness (QED) is 0.478. The van der Waals surface area contributed by atoms with Crippen LogP contribution >= 0.6 is 11.8 Å². The van der Waals surface area contributed by atoms with E-state index in [1.165, 1.54) is 18.9 Å². The zero-order valence-corrected chi connectivity index (χ0v) is 17.7. The molecule has 0 spiro atoms. The number of carbonyl (C=O) groups is 2. The average molecular weight is 429 g/mol. The summed E-state index contributed by atoms with van der Waals surface area (Å²) in [6, 6.07) is 25.6. The molecule has 4 rings (SSSR count). The summed E-state index contributed by atoms with van der Waals surface area (Å²) in [5.74, 6) is -2.34. The predicted octanol–water partition coefficient (Wildman–Crippen LogP) is 4.51. The lowest BCUT2D eigenvalue weighted by molar-refractivity contribution is -0.150. The Morgan fingerprint density at radius 3 is 2.52 bits per heavy atom. The summed E-state index contributed by atoms with van der Waals surface area (Å²) in [5.41, 5.74) is 2.20. The Labute approximate surface area is 184 Å². The van der Waals surface area contributed by atoms with Crippen molar-refractivity contribution in [2.75, 3.05) is 7.11 Å². The third-order valence-corrected chi connectivity index (χ3v) is 6.46. The van der Waals surface area contributed by atoms with Gasteiger partial charge in [0.1, 0.15) is 5.92 Å². The molecule has 1 aliphatic heterocycles. The van der Waals surface area contributed by atoms with Crippen LogP contribution in [0, 0.1) is 17.2 Å². The fourth-order valence-electron chi connectivity index (χ4n) is 3.91. The first-order chi connectivity index (χ1) is 15.1. The zero-order chi connectivity index (χ0) is 21.8. The van der Waals surface area contributed by atoms with E-state index >= 15 is 0 Å². The molecule has 0 aromatic heterocycles. The summed E-state index contributed by atoms with van der Waals surface area (Å²) in [6.07, 6.45) is 0. The summed E-state index contributed by atoms with van der Waals surface area (Å²) in [5, 5.41) is 15.5. The maximum absolute atomic E-state index is 12.9. The molecule has 1 N–H and O–H groups in total. The highest BCUT2D eigenvalue weighted by atomic mass is 32.2. The molecule has 2 atom stereocenters. The van der Waals surface area contributed by atoms with Crippen LogP contribution in [0.5, 0.6) is 0 Å². The number of nitriles is 1. The summed E-state index contributed by atoms with van der Waals surface area (Å²) in [4.78, 5) is 25.3. The summed E-state index contributed by atoms with van der Waals surface area (Å²) >= 11 is 1.39. The minimum Gasteiger partial charge on any atom is -0.468 e. The van der Waals surface area contributed by atoms with Crippen molar-refractivity contribution in [3.63, 3.8) is 0 Å². The smallest absolute Gasteiger partial charge is 0.319 e. The van der Waals surface area contributed by atoms with E-state index in [-0.39, 0.29) is 0 Å². The number of rotatable bonds is 5. The van der Waals surface area contributed by atoms with Crippen LogP contribution in [0.2, 0.25) is 0 Å². The number of nitrogens with zero attached hydrogens (tertiary/aromatic N) is 1. The molecule has 0 radical (unpaired) electrons. The second-order valence-electron chi connectivity index (χ2n) is 7.16. The standard InChI is InChI=1S/C25H20N2O3S/c1-30-25(29)22-21(17-9-3-2-4-10-17)20(14-26)24(27-23(22)28)31-15-18-12-7-11-16-8-5-6-13-19(16)18/h2-13,21-22H,15H2,1H3,(H,27,28)/t21-,22-/m1/s1. The molecule has 1 aliphatic rings. The van der Waals surface area contributed by atoms with Crippen LogP contribution in [-0.4, -0.2) is 19.0 Å². The molecular formula is C25H20N2O3S. The first-order valence-electron chi connectivity index (χ1n) is 9.81. The molecule has 1 heterocycles. The number of esters is 1. The molecule has 31 heavy (non-hydrogen) atoms. The SMILES string of the molecule is COC(=O)[C@H]1C(=O)NC(SCc2cccc3ccccc23)=C(C#N)[C@H]1c1ccccc1. The van der Waals surface area contributed by atoms with E-state index in [0.29, 0.717) is 16.4 Å². The van der Waals surface area contributed by atoms with E-state index in [9.17, 15) is 14.9 Å². The highest BCUT2D eigenvalue weighted by Gasteiger charge is 2.44. The van der Waals surface area contributed by atoms with Crippen LogP contribution in [0.3, 0.4) is 0 Å². The van der Waals surface area contributed by atoms with Crippen molar-refractivity contribution in [3.05, 3.63) is 94.5 Å². The molecule has 3 aromatic carbocycles. The van der Waals surface area contributed by atoms with Crippen molar-refractivity contribution in [1.82, 2.24) is 5.32 Å². The highest BCUT2D eigenvalue weighted by molar-refractivity contribution is 8.02. The minimum atomic E-state index is -1.11. The average Bonchev–Trinajstić information content (AvgIpc) is 2.82. The van der Waals surface area contributed by atoms with Gasteiger partial charge in [-0.05, 0) is 21.9 Å². The Bertz CT molecular complexity index is 1210. The number of allylic oxidation sites excluding steroid dienone is 1. The first-order valence-corrected chi connectivity index (χ1v) is 10.8. The van der Waals surface area contributed by atoms with E-state index in [1.54, 1.807) is 0 Å². The number of nitrogens with one attached hydrogen (secondary N) is 1. The maximum Gasteiger partial charge on any atom is 0.319 e. The Morgan fingerprint density at radius 2 is 1.77 bits per heavy atom. The topological polar surface area (TPSA) is 79.2 Å². The van der Waals surface area contributed by atoms with Crippen LogP contribution in [-0.2, 0) is 20.1 Å². The Balaban J connectivity index is 1.73. The number of fused-ring (bicyclic) bond motifs is 1. The molecule has 5 nitrogen and oxygen atoms in total. The van der Waals surface area contributed by atoms with Gasteiger partial charge in [-0.1, -0.05) is 72.8 Å². The van der Waals surface area contributed by atoms with Gasteiger partial charge >= 0.3 is 5.97 Å². The molecule has 3 aromatic rings. The molecular weight excluding hydrogens is 408 g/mol. The number of methoxy groups -OCH3 is 1. The molecule has 0 aliphatic carbocycles. The van der Waals surface area contributed by atoms with Crippen LogP contribution in [0.15, 0.2) is 83.4 Å². The van der Waals surface area contributed by atoms with Crippen LogP contribution in [0.1, 0.15) is 17.0 Å². The van der Waals surface area contributed by atoms with Crippen molar-refractivity contribution in [1.29, 1.82) is 5.26 Å². The molecule has 154 valence electrons. The van der Waals surface area contributed by atoms with E-state index in [0.717, 1.165) is 21.9 Å². The molecule has 1 amide bonds. The summed E-state index contributed by atoms with van der Waals surface area (Å²) in [7, 11) is 1.25. The van der Waals surface area contributed by atoms with E-state index in [2.05, 4.69) is 29.6 Å². The van der Waals surface area contributed by atoms with Gasteiger partial charge in [0.2, 0.25) is 5.91 Å². The third kappa shape index (κ3) is 4.05. The van der Waals surface area contributed by atoms with Crippen molar-refractivity contribution in [3.8, 4) is 6.07 Å². The van der Waals surface area contributed by atoms with Gasteiger partial charge in [0.15, 0.2) is 0 Å². The number of hydrogen-bond acceptors (Lipinski definition) is 5. The second-order valence-corrected chi connectivity index (χ2v) is 8.15. The van der Waals surface area contributed by atoms with Crippen molar-refractivity contribution < 1.29 is 14.3 Å². The number of ether oxygens (including phenoxy) is 1. The van der Waals surface area contributed by atoms with Gasteiger partial charge in [-0.2, -0.15) is 5.26 Å². The number of hydrogen-bond donors (Lipinski definition) is 1. The van der Waals surface area contributed by atoms with Gasteiger partial charge in [-0.3, -0.25) is 9.59 Å². The third-order valence-electron chi connectivity index (χ3n) is 5.39. The van der Waals surface area contributed by atoms with Crippen molar-refractivity contribution in [2.24, 2.45) is 5.92 Å². The van der Waals surface area contributed by atoms with Gasteiger partial charge < -0.3 is 10.1 Å². The maximum atomic E-state index is 12.9. The minimum absolute atomic E-state index is 0.367. The fraction of sp³-hybridized carbons (Fsp3) is 0.160. The number of carbonyl (C=O) groups excluding carboxylic acids is 2. The molecule has 0 fully saturated rings. The lowest BCUT2D eigenvalue weighted by Gasteiger charge is -2.31. The highest BCUT2D eigenvalue weighted by Crippen LogP contribution is 2.41. The van der Waals surface area contributed by atoms with Gasteiger partial charge in [-0.25, -0.2) is 0 Å². The molecule has 0 bridgehead atoms. The van der Waals surface area contributed by atoms with Gasteiger partial charge in [-0.15, -0.1) is 11.8 Å². The van der Waals surface area contributed by atoms with E-state index in [1.807, 2.05) is 54.6 Å². The fourth-order valence-corrected chi connectivity index (χ4v) is 4.96. The van der Waals surface area contributed by atoms with Crippen LogP contribution in [0.4, 0.5) is 0 Å². The van der Waals surface area contributed by atoms with Gasteiger partial charge in [0.25, 0.3) is 0 Å². The predicted molar refractivity (Wildman–Crippen MR) is 121 cm³/mol. The summed E-state index contributed by atoms with van der Waals surface area (Å²) < 4.78 is 4.88. The Morgan fingerprint density at radius 1 is 1.06 bits per heavy atom. The van der Waals surface area contributed by atoms with E-state index in [4.69, 9.17) is 4.74 Å². The zero-order valence-electron chi connectivity index (χ0n) is 16.9. The normalized spacial score (nSPS) is 18.4. The Hall–Kier alpha value is -3.56. The largest absolute Gasteiger partial charge is 0.468 e. The lowest BCUT2D eigenvalue weighted by Crippen LogP contribution is -2.44. The van der Waals surface area contributed by atoms with Crippen molar-refractivity contribution >= 4 is 34.4 Å². The molecule has 0 saturated carbocycles.